The van der Waals surface area contributed by atoms with Gasteiger partial charge in [-0.15, -0.1) is 0 Å². The van der Waals surface area contributed by atoms with E-state index < -0.39 is 22.0 Å². The van der Waals surface area contributed by atoms with E-state index in [1.54, 1.807) is 0 Å². The number of nitrogens with one attached hydrogen (secondary N) is 1. The van der Waals surface area contributed by atoms with E-state index in [1.807, 2.05) is 0 Å². The molecule has 2 rings (SSSR count). The highest BCUT2D eigenvalue weighted by molar-refractivity contribution is 7.91. The van der Waals surface area contributed by atoms with Crippen LogP contribution in [0.2, 0.25) is 0 Å². The fourth-order valence-electron chi connectivity index (χ4n) is 1.61. The average Bonchev–Trinajstić information content (AvgIpc) is 2.79. The number of amides is 1. The van der Waals surface area contributed by atoms with Gasteiger partial charge in [0.25, 0.3) is 0 Å². The fraction of sp³-hybridized carbons (Fsp3) is 0.875. The summed E-state index contributed by atoms with van der Waals surface area (Å²) in [6.07, 6.45) is 0.811. The lowest BCUT2D eigenvalue weighted by Crippen LogP contribution is -2.43. The highest BCUT2D eigenvalue weighted by Crippen LogP contribution is 2.29. The van der Waals surface area contributed by atoms with Gasteiger partial charge >= 0.3 is 0 Å². The lowest BCUT2D eigenvalue weighted by Gasteiger charge is -2.14. The maximum Gasteiger partial charge on any atom is 0.223 e. The summed E-state index contributed by atoms with van der Waals surface area (Å²) in [5.74, 6) is -0.438. The van der Waals surface area contributed by atoms with Gasteiger partial charge in [-0.05, 0) is 12.8 Å². The minimum absolute atomic E-state index is 0.0468. The zero-order valence-corrected chi connectivity index (χ0v) is 8.46. The number of carbonyl (C=O) groups excluding carboxylic acids is 1. The summed E-state index contributed by atoms with van der Waals surface area (Å²) in [5.41, 5.74) is 0. The molecule has 1 amide bonds. The summed E-state index contributed by atoms with van der Waals surface area (Å²) < 4.78 is 22.2. The van der Waals surface area contributed by atoms with Crippen molar-refractivity contribution in [1.29, 1.82) is 0 Å². The molecule has 1 aliphatic carbocycles. The Morgan fingerprint density at radius 2 is 1.93 bits per heavy atom. The van der Waals surface area contributed by atoms with Crippen molar-refractivity contribution < 1.29 is 18.3 Å². The molecule has 0 aromatic heterocycles. The predicted octanol–water partition coefficient (Wildman–Crippen LogP) is -1.33. The Morgan fingerprint density at radius 1 is 1.29 bits per heavy atom. The van der Waals surface area contributed by atoms with Crippen molar-refractivity contribution in [3.63, 3.8) is 0 Å². The minimum atomic E-state index is -3.16. The van der Waals surface area contributed by atoms with Gasteiger partial charge < -0.3 is 10.4 Å². The zero-order chi connectivity index (χ0) is 10.3. The first-order valence-electron chi connectivity index (χ1n) is 4.67. The summed E-state index contributed by atoms with van der Waals surface area (Å²) in [7, 11) is -3.16. The predicted molar refractivity (Wildman–Crippen MR) is 49.3 cm³/mol. The van der Waals surface area contributed by atoms with Crippen LogP contribution < -0.4 is 5.32 Å². The lowest BCUT2D eigenvalue weighted by atomic mass is 10.2. The minimum Gasteiger partial charge on any atom is -0.390 e. The van der Waals surface area contributed by atoms with Crippen molar-refractivity contribution in [2.75, 3.05) is 11.5 Å². The number of carbonyl (C=O) groups is 1. The molecule has 0 aromatic carbocycles. The maximum absolute atomic E-state index is 11.3. The van der Waals surface area contributed by atoms with E-state index in [2.05, 4.69) is 5.32 Å². The van der Waals surface area contributed by atoms with E-state index in [9.17, 15) is 18.3 Å². The first kappa shape index (κ1) is 9.92. The SMILES string of the molecule is O=C(N[C@H]1CS(=O)(=O)C[C@H]1O)C1CC1. The van der Waals surface area contributed by atoms with E-state index in [1.165, 1.54) is 0 Å². The second-order valence-corrected chi connectivity index (χ2v) is 6.19. The molecule has 1 heterocycles. The summed E-state index contributed by atoms with van der Waals surface area (Å²) in [5, 5.41) is 12.0. The first-order chi connectivity index (χ1) is 6.48. The highest BCUT2D eigenvalue weighted by atomic mass is 32.2. The second-order valence-electron chi connectivity index (χ2n) is 4.03. The molecule has 2 atom stereocenters. The molecule has 1 saturated carbocycles. The van der Waals surface area contributed by atoms with E-state index in [-0.39, 0.29) is 23.3 Å². The molecule has 5 nitrogen and oxygen atoms in total. The van der Waals surface area contributed by atoms with E-state index in [4.69, 9.17) is 0 Å². The van der Waals surface area contributed by atoms with E-state index >= 15 is 0 Å². The van der Waals surface area contributed by atoms with Gasteiger partial charge in [0.05, 0.1) is 23.7 Å². The Labute approximate surface area is 82.4 Å². The van der Waals surface area contributed by atoms with E-state index in [0.29, 0.717) is 0 Å². The van der Waals surface area contributed by atoms with Gasteiger partial charge in [0, 0.05) is 5.92 Å². The molecule has 6 heteroatoms. The molecule has 1 saturated heterocycles. The third-order valence-corrected chi connectivity index (χ3v) is 4.31. The van der Waals surface area contributed by atoms with Crippen LogP contribution in [0.15, 0.2) is 0 Å². The molecule has 1 aliphatic heterocycles. The van der Waals surface area contributed by atoms with Gasteiger partial charge in [-0.25, -0.2) is 8.42 Å². The van der Waals surface area contributed by atoms with Gasteiger partial charge in [0.15, 0.2) is 9.84 Å². The normalized spacial score (nSPS) is 35.5. The number of sulfone groups is 1. The number of rotatable bonds is 2. The van der Waals surface area contributed by atoms with Gasteiger partial charge in [0.2, 0.25) is 5.91 Å². The number of aliphatic hydroxyl groups excluding tert-OH is 1. The van der Waals surface area contributed by atoms with Crippen LogP contribution in [0.1, 0.15) is 12.8 Å². The Balaban J connectivity index is 1.95. The smallest absolute Gasteiger partial charge is 0.223 e. The van der Waals surface area contributed by atoms with Gasteiger partial charge in [-0.1, -0.05) is 0 Å². The number of hydrogen-bond acceptors (Lipinski definition) is 4. The third-order valence-electron chi connectivity index (χ3n) is 2.60. The Kier molecular flexibility index (Phi) is 2.27. The monoisotopic (exact) mass is 219 g/mol. The van der Waals surface area contributed by atoms with Crippen molar-refractivity contribution in [1.82, 2.24) is 5.32 Å². The van der Waals surface area contributed by atoms with Crippen LogP contribution in [-0.4, -0.2) is 43.1 Å². The van der Waals surface area contributed by atoms with Crippen molar-refractivity contribution in [2.24, 2.45) is 5.92 Å². The number of aliphatic hydroxyl groups is 1. The van der Waals surface area contributed by atoms with Crippen molar-refractivity contribution in [3.8, 4) is 0 Å². The second kappa shape index (κ2) is 3.20. The van der Waals surface area contributed by atoms with Gasteiger partial charge in [0.1, 0.15) is 0 Å². The molecule has 0 unspecified atom stereocenters. The maximum atomic E-state index is 11.3. The molecule has 0 bridgehead atoms. The molecular formula is C8H13NO4S. The Bertz CT molecular complexity index is 346. The Hall–Kier alpha value is -0.620. The Morgan fingerprint density at radius 3 is 2.36 bits per heavy atom. The standard InChI is InChI=1S/C8H13NO4S/c10-7-4-14(12,13)3-6(7)9-8(11)5-1-2-5/h5-7,10H,1-4H2,(H,9,11)/t6-,7+/m0/s1. The molecule has 2 fully saturated rings. The van der Waals surface area contributed by atoms with Crippen molar-refractivity contribution in [3.05, 3.63) is 0 Å². The quantitative estimate of drug-likeness (QED) is 0.603. The molecule has 2 N–H and O–H groups in total. The van der Waals surface area contributed by atoms with Crippen LogP contribution in [-0.2, 0) is 14.6 Å². The average molecular weight is 219 g/mol. The van der Waals surface area contributed by atoms with Crippen LogP contribution >= 0.6 is 0 Å². The van der Waals surface area contributed by atoms with Crippen LogP contribution in [0.3, 0.4) is 0 Å². The highest BCUT2D eigenvalue weighted by Gasteiger charge is 2.39. The largest absolute Gasteiger partial charge is 0.390 e. The van der Waals surface area contributed by atoms with Gasteiger partial charge in [-0.2, -0.15) is 0 Å². The van der Waals surface area contributed by atoms with Crippen LogP contribution in [0, 0.1) is 5.92 Å². The zero-order valence-electron chi connectivity index (χ0n) is 7.64. The third kappa shape index (κ3) is 2.06. The molecule has 2 aliphatic rings. The van der Waals surface area contributed by atoms with Crippen LogP contribution in [0.5, 0.6) is 0 Å². The van der Waals surface area contributed by atoms with Crippen molar-refractivity contribution >= 4 is 15.7 Å². The molecule has 0 radical (unpaired) electrons. The summed E-state index contributed by atoms with van der Waals surface area (Å²) >= 11 is 0. The summed E-state index contributed by atoms with van der Waals surface area (Å²) in [6, 6.07) is -0.604. The molecule has 14 heavy (non-hydrogen) atoms. The molecule has 0 spiro atoms. The van der Waals surface area contributed by atoms with Crippen LogP contribution in [0.4, 0.5) is 0 Å². The van der Waals surface area contributed by atoms with Crippen LogP contribution in [0.25, 0.3) is 0 Å². The van der Waals surface area contributed by atoms with E-state index in [0.717, 1.165) is 12.8 Å². The summed E-state index contributed by atoms with van der Waals surface area (Å²) in [6.45, 7) is 0. The fourth-order valence-corrected chi connectivity index (χ4v) is 3.35. The van der Waals surface area contributed by atoms with Gasteiger partial charge in [-0.3, -0.25) is 4.79 Å². The molecule has 80 valence electrons. The van der Waals surface area contributed by atoms with Crippen molar-refractivity contribution in [2.45, 2.75) is 25.0 Å². The summed E-state index contributed by atoms with van der Waals surface area (Å²) in [4.78, 5) is 11.3. The first-order valence-corrected chi connectivity index (χ1v) is 6.49. The molecule has 0 aromatic rings. The molecular weight excluding hydrogens is 206 g/mol. The topological polar surface area (TPSA) is 83.5 Å². The lowest BCUT2D eigenvalue weighted by molar-refractivity contribution is -0.123. The number of hydrogen-bond donors (Lipinski definition) is 2.